The van der Waals surface area contributed by atoms with E-state index in [2.05, 4.69) is 27.6 Å². The second kappa shape index (κ2) is 8.94. The van der Waals surface area contributed by atoms with Crippen molar-refractivity contribution in [1.29, 1.82) is 0 Å². The number of benzene rings is 1. The topological polar surface area (TPSA) is 58.0 Å². The van der Waals surface area contributed by atoms with Crippen molar-refractivity contribution >= 4 is 28.2 Å². The lowest BCUT2D eigenvalue weighted by Gasteiger charge is -2.00. The van der Waals surface area contributed by atoms with Crippen molar-refractivity contribution in [3.05, 3.63) is 35.9 Å². The Morgan fingerprint density at radius 3 is 2.75 bits per heavy atom. The first-order valence-corrected chi connectivity index (χ1v) is 8.53. The van der Waals surface area contributed by atoms with Gasteiger partial charge in [-0.3, -0.25) is 0 Å². The van der Waals surface area contributed by atoms with E-state index in [1.54, 1.807) is 23.1 Å². The van der Waals surface area contributed by atoms with E-state index < -0.39 is 0 Å². The van der Waals surface area contributed by atoms with Gasteiger partial charge in [0, 0.05) is 18.9 Å². The van der Waals surface area contributed by atoms with Crippen LogP contribution in [0.2, 0.25) is 0 Å². The molecule has 0 atom stereocenters. The van der Waals surface area contributed by atoms with E-state index in [0.29, 0.717) is 0 Å². The number of hydrogen-bond donors (Lipinski definition) is 2. The van der Waals surface area contributed by atoms with Crippen LogP contribution in [0.5, 0.6) is 0 Å². The largest absolute Gasteiger partial charge is 0.396 e. The fourth-order valence-electron chi connectivity index (χ4n) is 1.66. The quantitative estimate of drug-likeness (QED) is 0.549. The van der Waals surface area contributed by atoms with E-state index in [4.69, 9.17) is 5.11 Å². The van der Waals surface area contributed by atoms with Crippen molar-refractivity contribution in [1.82, 2.24) is 10.2 Å². The van der Waals surface area contributed by atoms with Crippen LogP contribution in [0, 0.1) is 0 Å². The van der Waals surface area contributed by atoms with Crippen LogP contribution in [0.15, 0.2) is 34.7 Å². The molecule has 0 radical (unpaired) electrons. The molecule has 1 aromatic heterocycles. The summed E-state index contributed by atoms with van der Waals surface area (Å²) in [4.78, 5) is 0. The molecule has 0 aliphatic carbocycles. The van der Waals surface area contributed by atoms with Gasteiger partial charge in [-0.25, -0.2) is 0 Å². The number of hydrogen-bond acceptors (Lipinski definition) is 6. The molecule has 0 amide bonds. The zero-order chi connectivity index (χ0) is 14.0. The minimum absolute atomic E-state index is 0.289. The first-order chi connectivity index (χ1) is 9.88. The zero-order valence-corrected chi connectivity index (χ0v) is 12.9. The molecule has 0 aliphatic heterocycles. The third-order valence-corrected chi connectivity index (χ3v) is 4.82. The van der Waals surface area contributed by atoms with Gasteiger partial charge in [-0.1, -0.05) is 59.9 Å². The molecule has 0 aliphatic rings. The predicted molar refractivity (Wildman–Crippen MR) is 85.3 cm³/mol. The highest BCUT2D eigenvalue weighted by Crippen LogP contribution is 2.26. The molecule has 2 aromatic rings. The number of aromatic nitrogens is 2. The van der Waals surface area contributed by atoms with Crippen LogP contribution in [0.1, 0.15) is 24.8 Å². The molecule has 2 rings (SSSR count). The molecule has 1 heterocycles. The maximum atomic E-state index is 8.70. The number of nitrogens with zero attached hydrogens (tertiary/aromatic N) is 2. The Hall–Kier alpha value is -1.11. The highest BCUT2D eigenvalue weighted by molar-refractivity contribution is 8.01. The summed E-state index contributed by atoms with van der Waals surface area (Å²) in [5, 5.41) is 21.2. The van der Waals surface area contributed by atoms with Crippen molar-refractivity contribution in [2.75, 3.05) is 17.7 Å². The average Bonchev–Trinajstić information content (AvgIpc) is 2.94. The Kier molecular flexibility index (Phi) is 6.83. The fraction of sp³-hybridized carbons (Fsp3) is 0.429. The van der Waals surface area contributed by atoms with E-state index in [1.165, 1.54) is 5.56 Å². The second-order valence-corrected chi connectivity index (χ2v) is 6.66. The number of aliphatic hydroxyl groups excluding tert-OH is 1. The van der Waals surface area contributed by atoms with Gasteiger partial charge in [0.05, 0.1) is 0 Å². The Bertz CT molecular complexity index is 490. The summed E-state index contributed by atoms with van der Waals surface area (Å²) in [5.41, 5.74) is 1.24. The van der Waals surface area contributed by atoms with Crippen LogP contribution >= 0.6 is 23.1 Å². The van der Waals surface area contributed by atoms with Gasteiger partial charge >= 0.3 is 0 Å². The van der Waals surface area contributed by atoms with Gasteiger partial charge in [0.15, 0.2) is 4.34 Å². The standard InChI is InChI=1S/C14H19N3OS2/c18-9-5-2-6-10-19-14-17-16-13(20-14)15-11-12-7-3-1-4-8-12/h1,3-4,7-8,18H,2,5-6,9-11H2,(H,15,16). The second-order valence-electron chi connectivity index (χ2n) is 4.35. The Labute approximate surface area is 127 Å². The molecule has 2 N–H and O–H groups in total. The third kappa shape index (κ3) is 5.48. The summed E-state index contributed by atoms with van der Waals surface area (Å²) in [5.74, 6) is 1.04. The normalized spacial score (nSPS) is 10.7. The van der Waals surface area contributed by atoms with E-state index in [0.717, 1.165) is 41.0 Å². The molecule has 0 fully saturated rings. The van der Waals surface area contributed by atoms with E-state index in [9.17, 15) is 0 Å². The van der Waals surface area contributed by atoms with Crippen LogP contribution in [0.25, 0.3) is 0 Å². The maximum Gasteiger partial charge on any atom is 0.206 e. The molecule has 1 aromatic carbocycles. The lowest BCUT2D eigenvalue weighted by Crippen LogP contribution is -1.98. The minimum atomic E-state index is 0.289. The number of unbranched alkanes of at least 4 members (excludes halogenated alkanes) is 2. The predicted octanol–water partition coefficient (Wildman–Crippen LogP) is 3.40. The molecular formula is C14H19N3OS2. The number of thioether (sulfide) groups is 1. The van der Waals surface area contributed by atoms with Gasteiger partial charge in [0.1, 0.15) is 0 Å². The van der Waals surface area contributed by atoms with Crippen LogP contribution in [-0.2, 0) is 6.54 Å². The van der Waals surface area contributed by atoms with E-state index >= 15 is 0 Å². The first-order valence-electron chi connectivity index (χ1n) is 6.73. The van der Waals surface area contributed by atoms with Gasteiger partial charge < -0.3 is 10.4 Å². The summed E-state index contributed by atoms with van der Waals surface area (Å²) in [7, 11) is 0. The smallest absolute Gasteiger partial charge is 0.206 e. The lowest BCUT2D eigenvalue weighted by molar-refractivity contribution is 0.284. The molecule has 0 bridgehead atoms. The van der Waals surface area contributed by atoms with E-state index in [1.807, 2.05) is 18.2 Å². The molecule has 20 heavy (non-hydrogen) atoms. The van der Waals surface area contributed by atoms with Gasteiger partial charge in [0.25, 0.3) is 0 Å². The van der Waals surface area contributed by atoms with Crippen molar-refractivity contribution < 1.29 is 5.11 Å². The monoisotopic (exact) mass is 309 g/mol. The first kappa shape index (κ1) is 15.3. The highest BCUT2D eigenvalue weighted by Gasteiger charge is 2.04. The van der Waals surface area contributed by atoms with Gasteiger partial charge in [-0.15, -0.1) is 10.2 Å². The van der Waals surface area contributed by atoms with Crippen molar-refractivity contribution in [3.63, 3.8) is 0 Å². The number of anilines is 1. The summed E-state index contributed by atoms with van der Waals surface area (Å²) >= 11 is 3.33. The molecule has 0 spiro atoms. The van der Waals surface area contributed by atoms with Crippen LogP contribution < -0.4 is 5.32 Å². The molecule has 4 nitrogen and oxygen atoms in total. The minimum Gasteiger partial charge on any atom is -0.396 e. The Balaban J connectivity index is 1.69. The van der Waals surface area contributed by atoms with Crippen molar-refractivity contribution in [3.8, 4) is 0 Å². The summed E-state index contributed by atoms with van der Waals surface area (Å²) in [6.07, 6.45) is 3.07. The highest BCUT2D eigenvalue weighted by atomic mass is 32.2. The maximum absolute atomic E-state index is 8.70. The fourth-order valence-corrected chi connectivity index (χ4v) is 3.48. The summed E-state index contributed by atoms with van der Waals surface area (Å²) in [6, 6.07) is 10.3. The van der Waals surface area contributed by atoms with Crippen molar-refractivity contribution in [2.45, 2.75) is 30.1 Å². The van der Waals surface area contributed by atoms with Crippen LogP contribution in [0.3, 0.4) is 0 Å². The molecule has 0 saturated carbocycles. The third-order valence-electron chi connectivity index (χ3n) is 2.72. The summed E-state index contributed by atoms with van der Waals surface area (Å²) in [6.45, 7) is 1.06. The molecular weight excluding hydrogens is 290 g/mol. The molecule has 0 saturated heterocycles. The van der Waals surface area contributed by atoms with Crippen LogP contribution in [-0.4, -0.2) is 27.7 Å². The summed E-state index contributed by atoms with van der Waals surface area (Å²) < 4.78 is 1.00. The van der Waals surface area contributed by atoms with Gasteiger partial charge in [0.2, 0.25) is 5.13 Å². The van der Waals surface area contributed by atoms with Crippen molar-refractivity contribution in [2.24, 2.45) is 0 Å². The average molecular weight is 309 g/mol. The lowest BCUT2D eigenvalue weighted by atomic mass is 10.2. The molecule has 108 valence electrons. The Morgan fingerprint density at radius 2 is 1.95 bits per heavy atom. The van der Waals surface area contributed by atoms with Crippen LogP contribution in [0.4, 0.5) is 5.13 Å². The number of nitrogens with one attached hydrogen (secondary N) is 1. The zero-order valence-electron chi connectivity index (χ0n) is 11.3. The SMILES string of the molecule is OCCCCCSc1nnc(NCc2ccccc2)s1. The van der Waals surface area contributed by atoms with Gasteiger partial charge in [-0.2, -0.15) is 0 Å². The van der Waals surface area contributed by atoms with E-state index in [-0.39, 0.29) is 6.61 Å². The number of aliphatic hydroxyl groups is 1. The molecule has 0 unspecified atom stereocenters. The molecule has 6 heteroatoms. The Morgan fingerprint density at radius 1 is 1.10 bits per heavy atom. The number of rotatable bonds is 9. The van der Waals surface area contributed by atoms with Gasteiger partial charge in [-0.05, 0) is 18.4 Å².